The fourth-order valence-corrected chi connectivity index (χ4v) is 1.95. The molecule has 0 spiro atoms. The first kappa shape index (κ1) is 11.9. The molecule has 0 amide bonds. The number of aliphatic carboxylic acids is 1. The Morgan fingerprint density at radius 2 is 2.53 bits per heavy atom. The van der Waals surface area contributed by atoms with Crippen molar-refractivity contribution in [1.82, 2.24) is 4.90 Å². The lowest BCUT2D eigenvalue weighted by Crippen LogP contribution is -2.50. The van der Waals surface area contributed by atoms with Crippen LogP contribution in [0.2, 0.25) is 0 Å². The molecule has 1 aromatic rings. The highest BCUT2D eigenvalue weighted by molar-refractivity contribution is 5.79. The minimum absolute atomic E-state index is 0.394. The van der Waals surface area contributed by atoms with E-state index in [4.69, 9.17) is 15.3 Å². The molecule has 0 bridgehead atoms. The van der Waals surface area contributed by atoms with Crippen LogP contribution in [0.15, 0.2) is 28.9 Å². The number of furan rings is 1. The molecule has 5 heteroatoms. The highest BCUT2D eigenvalue weighted by Crippen LogP contribution is 2.18. The number of carboxylic acids is 1. The third-order valence-electron chi connectivity index (χ3n) is 2.99. The van der Waals surface area contributed by atoms with Crippen molar-refractivity contribution in [2.75, 3.05) is 19.6 Å². The molecule has 1 aromatic heterocycles. The van der Waals surface area contributed by atoms with E-state index < -0.39 is 11.5 Å². The summed E-state index contributed by atoms with van der Waals surface area (Å²) in [5.74, 6) is -0.128. The molecule has 1 saturated heterocycles. The molecular formula is C12H16N2O3. The normalized spacial score (nSPS) is 25.7. The molecule has 0 aromatic carbocycles. The number of nitrogens with zero attached hydrogens (tertiary/aromatic N) is 1. The van der Waals surface area contributed by atoms with Crippen LogP contribution in [0.4, 0.5) is 0 Å². The van der Waals surface area contributed by atoms with Crippen LogP contribution in [0.3, 0.4) is 0 Å². The first-order valence-corrected chi connectivity index (χ1v) is 5.55. The van der Waals surface area contributed by atoms with Crippen LogP contribution in [0.1, 0.15) is 12.2 Å². The number of rotatable bonds is 4. The van der Waals surface area contributed by atoms with Gasteiger partial charge in [0, 0.05) is 19.6 Å². The number of nitrogens with two attached hydrogens (primary N) is 1. The summed E-state index contributed by atoms with van der Waals surface area (Å²) in [5.41, 5.74) is 4.69. The molecular weight excluding hydrogens is 220 g/mol. The molecule has 1 unspecified atom stereocenters. The van der Waals surface area contributed by atoms with Gasteiger partial charge in [0.25, 0.3) is 0 Å². The van der Waals surface area contributed by atoms with E-state index >= 15 is 0 Å². The van der Waals surface area contributed by atoms with E-state index in [1.54, 1.807) is 6.26 Å². The van der Waals surface area contributed by atoms with E-state index in [0.29, 0.717) is 26.1 Å². The number of likely N-dealkylation sites (tertiary alicyclic amines) is 1. The standard InChI is InChI=1S/C12H16N2O3/c13-12(11(15)16)5-7-14(9-12)6-1-3-10-4-2-8-17-10/h1-4,8H,5-7,9,13H2,(H,15,16)/b3-1+. The SMILES string of the molecule is NC1(C(=O)O)CCN(C/C=C/c2ccco2)C1. The van der Waals surface area contributed by atoms with Gasteiger partial charge in [-0.15, -0.1) is 0 Å². The van der Waals surface area contributed by atoms with Gasteiger partial charge in [0.2, 0.25) is 0 Å². The van der Waals surface area contributed by atoms with Crippen LogP contribution in [-0.2, 0) is 4.79 Å². The van der Waals surface area contributed by atoms with Gasteiger partial charge < -0.3 is 15.3 Å². The predicted octanol–water partition coefficient (Wildman–Crippen LogP) is 0.781. The average Bonchev–Trinajstić information content (AvgIpc) is 2.89. The molecule has 5 nitrogen and oxygen atoms in total. The number of carboxylic acid groups (broad SMARTS) is 1. The summed E-state index contributed by atoms with van der Waals surface area (Å²) in [4.78, 5) is 13.0. The summed E-state index contributed by atoms with van der Waals surface area (Å²) in [5, 5.41) is 8.98. The van der Waals surface area contributed by atoms with Crippen LogP contribution in [-0.4, -0.2) is 41.1 Å². The monoisotopic (exact) mass is 236 g/mol. The summed E-state index contributed by atoms with van der Waals surface area (Å²) in [6.45, 7) is 1.79. The van der Waals surface area contributed by atoms with Crippen molar-refractivity contribution in [3.05, 3.63) is 30.2 Å². The summed E-state index contributed by atoms with van der Waals surface area (Å²) in [6, 6.07) is 3.69. The van der Waals surface area contributed by atoms with Crippen molar-refractivity contribution >= 4 is 12.0 Å². The van der Waals surface area contributed by atoms with Gasteiger partial charge in [0.15, 0.2) is 0 Å². The Morgan fingerprint density at radius 3 is 3.12 bits per heavy atom. The lowest BCUT2D eigenvalue weighted by atomic mass is 10.0. The Labute approximate surface area is 99.5 Å². The van der Waals surface area contributed by atoms with Crippen LogP contribution < -0.4 is 5.73 Å². The molecule has 92 valence electrons. The summed E-state index contributed by atoms with van der Waals surface area (Å²) >= 11 is 0. The van der Waals surface area contributed by atoms with E-state index in [2.05, 4.69) is 0 Å². The van der Waals surface area contributed by atoms with Crippen molar-refractivity contribution in [3.63, 3.8) is 0 Å². The van der Waals surface area contributed by atoms with Gasteiger partial charge in [-0.3, -0.25) is 9.69 Å². The molecule has 0 aliphatic carbocycles. The van der Waals surface area contributed by atoms with Gasteiger partial charge in [-0.1, -0.05) is 6.08 Å². The maximum atomic E-state index is 10.9. The first-order valence-electron chi connectivity index (χ1n) is 5.55. The van der Waals surface area contributed by atoms with E-state index in [1.165, 1.54) is 0 Å². The van der Waals surface area contributed by atoms with Gasteiger partial charge in [-0.05, 0) is 24.6 Å². The second kappa shape index (κ2) is 4.73. The minimum atomic E-state index is -1.08. The Balaban J connectivity index is 1.84. The zero-order chi connectivity index (χ0) is 12.3. The molecule has 2 heterocycles. The third kappa shape index (κ3) is 2.75. The molecule has 1 fully saturated rings. The second-order valence-electron chi connectivity index (χ2n) is 4.36. The van der Waals surface area contributed by atoms with Crippen molar-refractivity contribution in [2.45, 2.75) is 12.0 Å². The van der Waals surface area contributed by atoms with Gasteiger partial charge in [0.05, 0.1) is 6.26 Å². The molecule has 0 radical (unpaired) electrons. The maximum Gasteiger partial charge on any atom is 0.325 e. The molecule has 17 heavy (non-hydrogen) atoms. The highest BCUT2D eigenvalue weighted by atomic mass is 16.4. The van der Waals surface area contributed by atoms with Crippen LogP contribution in [0.25, 0.3) is 6.08 Å². The van der Waals surface area contributed by atoms with Crippen LogP contribution in [0, 0.1) is 0 Å². The topological polar surface area (TPSA) is 79.7 Å². The predicted molar refractivity (Wildman–Crippen MR) is 63.4 cm³/mol. The molecule has 1 aliphatic heterocycles. The average molecular weight is 236 g/mol. The molecule has 1 atom stereocenters. The van der Waals surface area contributed by atoms with Crippen LogP contribution in [0.5, 0.6) is 0 Å². The number of hydrogen-bond donors (Lipinski definition) is 2. The Kier molecular flexibility index (Phi) is 3.31. The Bertz CT molecular complexity index is 413. The minimum Gasteiger partial charge on any atom is -0.480 e. The van der Waals surface area contributed by atoms with Gasteiger partial charge >= 0.3 is 5.97 Å². The molecule has 2 rings (SSSR count). The van der Waals surface area contributed by atoms with Crippen molar-refractivity contribution in [2.24, 2.45) is 5.73 Å². The van der Waals surface area contributed by atoms with Crippen LogP contribution >= 0.6 is 0 Å². The molecule has 3 N–H and O–H groups in total. The van der Waals surface area contributed by atoms with E-state index in [-0.39, 0.29) is 0 Å². The van der Waals surface area contributed by atoms with Gasteiger partial charge in [-0.25, -0.2) is 0 Å². The number of hydrogen-bond acceptors (Lipinski definition) is 4. The van der Waals surface area contributed by atoms with Crippen molar-refractivity contribution < 1.29 is 14.3 Å². The van der Waals surface area contributed by atoms with Crippen molar-refractivity contribution in [1.29, 1.82) is 0 Å². The summed E-state index contributed by atoms with van der Waals surface area (Å²) < 4.78 is 5.15. The highest BCUT2D eigenvalue weighted by Gasteiger charge is 2.40. The molecule has 1 aliphatic rings. The Morgan fingerprint density at radius 1 is 1.71 bits per heavy atom. The zero-order valence-electron chi connectivity index (χ0n) is 9.50. The smallest absolute Gasteiger partial charge is 0.325 e. The second-order valence-corrected chi connectivity index (χ2v) is 4.36. The Hall–Kier alpha value is -1.59. The van der Waals surface area contributed by atoms with Gasteiger partial charge in [0.1, 0.15) is 11.3 Å². The lowest BCUT2D eigenvalue weighted by Gasteiger charge is -2.18. The number of carbonyl (C=O) groups is 1. The van der Waals surface area contributed by atoms with E-state index in [1.807, 2.05) is 29.2 Å². The first-order chi connectivity index (χ1) is 8.10. The zero-order valence-corrected chi connectivity index (χ0v) is 9.50. The fraction of sp³-hybridized carbons (Fsp3) is 0.417. The molecule has 0 saturated carbocycles. The summed E-state index contributed by atoms with van der Waals surface area (Å²) in [6.07, 6.45) is 5.94. The van der Waals surface area contributed by atoms with E-state index in [9.17, 15) is 4.79 Å². The lowest BCUT2D eigenvalue weighted by molar-refractivity contribution is -0.142. The third-order valence-corrected chi connectivity index (χ3v) is 2.99. The van der Waals surface area contributed by atoms with Crippen molar-refractivity contribution in [3.8, 4) is 0 Å². The van der Waals surface area contributed by atoms with Gasteiger partial charge in [-0.2, -0.15) is 0 Å². The fourth-order valence-electron chi connectivity index (χ4n) is 1.95. The maximum absolute atomic E-state index is 10.9. The quantitative estimate of drug-likeness (QED) is 0.807. The largest absolute Gasteiger partial charge is 0.480 e. The summed E-state index contributed by atoms with van der Waals surface area (Å²) in [7, 11) is 0. The van der Waals surface area contributed by atoms with E-state index in [0.717, 1.165) is 5.76 Å².